The normalized spacial score (nSPS) is 11.3. The standard InChI is InChI=1S/C20H18F3NO2.C19H16F3NO2.Na.H2O/c1-3-24-12-16(19(25)26-2)18-14(5-4-6-17(18)24)11-13-7-9-15(10-8-13)20(21,22)23;1-2-23-11-15(18(24)25)17-13(4-3-5-16(17)23)10-12-6-8-14(9-7-12)19(20,21)22;;/h4-10,12H,3,11H2,1-2H3;3-9,11H,2,10H2,1H3,(H,24,25);;1H2/q;;+1;/p-1. The largest absolute Gasteiger partial charge is 1.00 e. The molecule has 53 heavy (non-hydrogen) atoms. The van der Waals surface area contributed by atoms with E-state index in [0.29, 0.717) is 42.4 Å². The fourth-order valence-electron chi connectivity index (χ4n) is 6.16. The minimum absolute atomic E-state index is 0. The summed E-state index contributed by atoms with van der Waals surface area (Å²) in [7, 11) is 1.33. The number of ether oxygens (including phenoxy) is 1. The summed E-state index contributed by atoms with van der Waals surface area (Å²) in [6.45, 7) is 5.22. The molecule has 4 aromatic carbocycles. The number of hydrogen-bond donors (Lipinski definition) is 1. The summed E-state index contributed by atoms with van der Waals surface area (Å²) in [5, 5.41) is 10.9. The van der Waals surface area contributed by atoms with Crippen LogP contribution in [-0.2, 0) is 43.0 Å². The molecule has 2 aromatic heterocycles. The third-order valence-corrected chi connectivity index (χ3v) is 8.65. The molecule has 274 valence electrons. The maximum atomic E-state index is 12.7. The maximum absolute atomic E-state index is 12.7. The number of rotatable bonds is 8. The number of aryl methyl sites for hydroxylation is 2. The number of carbonyl (C=O) groups is 2. The Kier molecular flexibility index (Phi) is 14.2. The van der Waals surface area contributed by atoms with Crippen molar-refractivity contribution in [1.82, 2.24) is 9.13 Å². The smallest absolute Gasteiger partial charge is 0.870 e. The fourth-order valence-corrected chi connectivity index (χ4v) is 6.16. The minimum Gasteiger partial charge on any atom is -0.870 e. The molecule has 0 aliphatic heterocycles. The molecule has 0 saturated heterocycles. The van der Waals surface area contributed by atoms with Crippen LogP contribution in [0.5, 0.6) is 0 Å². The molecule has 0 bridgehead atoms. The first kappa shape index (κ1) is 42.8. The number of halogens is 6. The van der Waals surface area contributed by atoms with Crippen molar-refractivity contribution in [2.45, 2.75) is 52.1 Å². The molecule has 0 atom stereocenters. The van der Waals surface area contributed by atoms with Gasteiger partial charge < -0.3 is 24.5 Å². The molecule has 0 spiro atoms. The van der Waals surface area contributed by atoms with E-state index in [1.54, 1.807) is 12.4 Å². The van der Waals surface area contributed by atoms with Gasteiger partial charge in [-0.1, -0.05) is 48.5 Å². The van der Waals surface area contributed by atoms with E-state index in [-0.39, 0.29) is 40.6 Å². The topological polar surface area (TPSA) is 103 Å². The van der Waals surface area contributed by atoms with Crippen LogP contribution >= 0.6 is 0 Å². The molecular formula is C39H35F6N2NaO5. The summed E-state index contributed by atoms with van der Waals surface area (Å²) >= 11 is 0. The van der Waals surface area contributed by atoms with E-state index in [9.17, 15) is 41.0 Å². The van der Waals surface area contributed by atoms with Crippen molar-refractivity contribution in [2.75, 3.05) is 7.11 Å². The van der Waals surface area contributed by atoms with Crippen LogP contribution in [0.25, 0.3) is 21.8 Å². The number of alkyl halides is 6. The molecule has 2 N–H and O–H groups in total. The summed E-state index contributed by atoms with van der Waals surface area (Å²) in [4.78, 5) is 23.7. The first-order chi connectivity index (χ1) is 24.2. The summed E-state index contributed by atoms with van der Waals surface area (Å²) in [6.07, 6.45) is -4.57. The molecule has 2 heterocycles. The van der Waals surface area contributed by atoms with E-state index in [2.05, 4.69) is 0 Å². The van der Waals surface area contributed by atoms with Crippen LogP contribution < -0.4 is 29.6 Å². The second-order valence-electron chi connectivity index (χ2n) is 11.8. The third kappa shape index (κ3) is 9.52. The van der Waals surface area contributed by atoms with Crippen LogP contribution in [0.15, 0.2) is 97.3 Å². The molecule has 0 radical (unpaired) electrons. The zero-order valence-corrected chi connectivity index (χ0v) is 31.3. The van der Waals surface area contributed by atoms with Gasteiger partial charge in [0.15, 0.2) is 0 Å². The number of nitrogens with zero attached hydrogens (tertiary/aromatic N) is 2. The number of aromatic nitrogens is 2. The van der Waals surface area contributed by atoms with Crippen molar-refractivity contribution < 1.29 is 80.8 Å². The van der Waals surface area contributed by atoms with E-state index in [0.717, 1.165) is 57.4 Å². The zero-order valence-electron chi connectivity index (χ0n) is 29.3. The molecule has 0 amide bonds. The fraction of sp³-hybridized carbons (Fsp3) is 0.231. The molecule has 0 saturated carbocycles. The second kappa shape index (κ2) is 17.5. The van der Waals surface area contributed by atoms with Crippen molar-refractivity contribution in [3.05, 3.63) is 142 Å². The Morgan fingerprint density at radius 2 is 1.02 bits per heavy atom. The third-order valence-electron chi connectivity index (χ3n) is 8.65. The molecule has 6 rings (SSSR count). The van der Waals surface area contributed by atoms with Gasteiger partial charge in [-0.05, 0) is 85.3 Å². The number of fused-ring (bicyclic) bond motifs is 2. The number of benzene rings is 4. The molecule has 0 unspecified atom stereocenters. The van der Waals surface area contributed by atoms with Crippen LogP contribution in [0.2, 0.25) is 0 Å². The van der Waals surface area contributed by atoms with E-state index < -0.39 is 35.4 Å². The van der Waals surface area contributed by atoms with Gasteiger partial charge in [0.2, 0.25) is 0 Å². The Labute approximate surface area is 323 Å². The second-order valence-corrected chi connectivity index (χ2v) is 11.8. The number of methoxy groups -OCH3 is 1. The predicted octanol–water partition coefficient (Wildman–Crippen LogP) is 6.85. The van der Waals surface area contributed by atoms with Gasteiger partial charge in [0, 0.05) is 47.3 Å². The number of esters is 1. The van der Waals surface area contributed by atoms with Crippen LogP contribution in [0, 0.1) is 0 Å². The van der Waals surface area contributed by atoms with Crippen LogP contribution in [-0.4, -0.2) is 38.8 Å². The van der Waals surface area contributed by atoms with Gasteiger partial charge >= 0.3 is 53.8 Å². The predicted molar refractivity (Wildman–Crippen MR) is 184 cm³/mol. The van der Waals surface area contributed by atoms with Crippen molar-refractivity contribution in [3.63, 3.8) is 0 Å². The maximum Gasteiger partial charge on any atom is 1.00 e. The van der Waals surface area contributed by atoms with E-state index in [1.807, 2.05) is 59.4 Å². The summed E-state index contributed by atoms with van der Waals surface area (Å²) < 4.78 is 84.9. The molecular weight excluding hydrogens is 713 g/mol. The number of carboxylic acids is 1. The Morgan fingerprint density at radius 3 is 1.36 bits per heavy atom. The zero-order chi connectivity index (χ0) is 37.1. The SMILES string of the molecule is CCn1cc(C(=O)O)c2c(Cc3ccc(C(F)(F)F)cc3)cccc21.CCn1cc(C(=O)OC)c2c(Cc3ccc(C(F)(F)F)cc3)cccc21.[Na+].[OH-]. The van der Waals surface area contributed by atoms with Crippen molar-refractivity contribution in [2.24, 2.45) is 0 Å². The van der Waals surface area contributed by atoms with Gasteiger partial charge in [-0.15, -0.1) is 0 Å². The van der Waals surface area contributed by atoms with Crippen molar-refractivity contribution in [1.29, 1.82) is 0 Å². The molecule has 0 aliphatic rings. The first-order valence-corrected chi connectivity index (χ1v) is 16.0. The number of carbonyl (C=O) groups excluding carboxylic acids is 1. The minimum atomic E-state index is -4.37. The Morgan fingerprint density at radius 1 is 0.642 bits per heavy atom. The van der Waals surface area contributed by atoms with Crippen LogP contribution in [0.3, 0.4) is 0 Å². The van der Waals surface area contributed by atoms with E-state index >= 15 is 0 Å². The Bertz CT molecular complexity index is 2190. The molecule has 0 fully saturated rings. The van der Waals surface area contributed by atoms with Gasteiger partial charge in [0.25, 0.3) is 0 Å². The average molecular weight is 749 g/mol. The number of hydrogen-bond acceptors (Lipinski definition) is 4. The monoisotopic (exact) mass is 748 g/mol. The molecule has 0 aliphatic carbocycles. The number of aromatic carboxylic acids is 1. The Hall–Kier alpha value is -4.56. The Balaban J connectivity index is 0.000000275. The van der Waals surface area contributed by atoms with E-state index in [4.69, 9.17) is 4.74 Å². The molecule has 6 aromatic rings. The molecule has 7 nitrogen and oxygen atoms in total. The van der Waals surface area contributed by atoms with Crippen LogP contribution in [0.1, 0.15) is 67.9 Å². The van der Waals surface area contributed by atoms with E-state index in [1.165, 1.54) is 31.4 Å². The average Bonchev–Trinajstić information content (AvgIpc) is 3.68. The van der Waals surface area contributed by atoms with Gasteiger partial charge in [-0.25, -0.2) is 9.59 Å². The number of carboxylic acid groups (broad SMARTS) is 1. The quantitative estimate of drug-likeness (QED) is 0.104. The van der Waals surface area contributed by atoms with Crippen LogP contribution in [0.4, 0.5) is 26.3 Å². The summed E-state index contributed by atoms with van der Waals surface area (Å²) in [6, 6.07) is 21.2. The first-order valence-electron chi connectivity index (χ1n) is 16.0. The van der Waals surface area contributed by atoms with Crippen molar-refractivity contribution >= 4 is 33.7 Å². The summed E-state index contributed by atoms with van der Waals surface area (Å²) in [5.74, 6) is -1.45. The van der Waals surface area contributed by atoms with Gasteiger partial charge in [0.05, 0.1) is 29.4 Å². The summed E-state index contributed by atoms with van der Waals surface area (Å²) in [5.41, 5.74) is 4.10. The van der Waals surface area contributed by atoms with Gasteiger partial charge in [0.1, 0.15) is 0 Å². The molecule has 14 heteroatoms. The van der Waals surface area contributed by atoms with Gasteiger partial charge in [-0.3, -0.25) is 0 Å². The van der Waals surface area contributed by atoms with Crippen molar-refractivity contribution in [3.8, 4) is 0 Å². The van der Waals surface area contributed by atoms with Gasteiger partial charge in [-0.2, -0.15) is 26.3 Å².